The number of hydrogen-bond acceptors (Lipinski definition) is 3. The van der Waals surface area contributed by atoms with Crippen LogP contribution in [0.1, 0.15) is 15.9 Å². The SMILES string of the molecule is O=C(NCCc1ccc(Br)cc1)c1ccc2c(c1)OCO2. The maximum Gasteiger partial charge on any atom is 0.251 e. The third kappa shape index (κ3) is 3.36. The van der Waals surface area contributed by atoms with E-state index in [1.54, 1.807) is 18.2 Å². The van der Waals surface area contributed by atoms with E-state index in [9.17, 15) is 4.79 Å². The summed E-state index contributed by atoms with van der Waals surface area (Å²) in [5, 5.41) is 2.91. The highest BCUT2D eigenvalue weighted by Crippen LogP contribution is 2.32. The lowest BCUT2D eigenvalue weighted by atomic mass is 10.1. The van der Waals surface area contributed by atoms with E-state index in [1.807, 2.05) is 24.3 Å². The molecule has 0 atom stereocenters. The van der Waals surface area contributed by atoms with Gasteiger partial charge in [0.2, 0.25) is 6.79 Å². The van der Waals surface area contributed by atoms with E-state index in [2.05, 4.69) is 21.2 Å². The van der Waals surface area contributed by atoms with Crippen molar-refractivity contribution < 1.29 is 14.3 Å². The smallest absolute Gasteiger partial charge is 0.251 e. The zero-order chi connectivity index (χ0) is 14.7. The standard InChI is InChI=1S/C16H14BrNO3/c17-13-4-1-11(2-5-13)7-8-18-16(19)12-3-6-14-15(9-12)21-10-20-14/h1-6,9H,7-8,10H2,(H,18,19). The van der Waals surface area contributed by atoms with Gasteiger partial charge in [0.05, 0.1) is 0 Å². The number of carbonyl (C=O) groups is 1. The molecule has 1 heterocycles. The van der Waals surface area contributed by atoms with Crippen molar-refractivity contribution in [1.82, 2.24) is 5.32 Å². The summed E-state index contributed by atoms with van der Waals surface area (Å²) < 4.78 is 11.5. The molecule has 1 N–H and O–H groups in total. The lowest BCUT2D eigenvalue weighted by Gasteiger charge is -2.06. The zero-order valence-corrected chi connectivity index (χ0v) is 12.9. The lowest BCUT2D eigenvalue weighted by molar-refractivity contribution is 0.0953. The van der Waals surface area contributed by atoms with Crippen LogP contribution in [0.5, 0.6) is 11.5 Å². The Morgan fingerprint density at radius 3 is 2.67 bits per heavy atom. The van der Waals surface area contributed by atoms with E-state index in [1.165, 1.54) is 5.56 Å². The van der Waals surface area contributed by atoms with Crippen LogP contribution >= 0.6 is 15.9 Å². The van der Waals surface area contributed by atoms with Gasteiger partial charge in [-0.2, -0.15) is 0 Å². The largest absolute Gasteiger partial charge is 0.454 e. The van der Waals surface area contributed by atoms with Gasteiger partial charge in [-0.3, -0.25) is 4.79 Å². The first-order valence-corrected chi connectivity index (χ1v) is 7.44. The molecular formula is C16H14BrNO3. The minimum absolute atomic E-state index is 0.106. The van der Waals surface area contributed by atoms with Gasteiger partial charge in [-0.05, 0) is 42.3 Å². The Morgan fingerprint density at radius 2 is 1.86 bits per heavy atom. The number of ether oxygens (including phenoxy) is 2. The molecule has 0 unspecified atom stereocenters. The molecule has 1 aliphatic rings. The average molecular weight is 348 g/mol. The topological polar surface area (TPSA) is 47.6 Å². The Balaban J connectivity index is 1.55. The molecule has 0 bridgehead atoms. The van der Waals surface area contributed by atoms with Crippen LogP contribution in [0.25, 0.3) is 0 Å². The molecule has 21 heavy (non-hydrogen) atoms. The maximum atomic E-state index is 12.1. The summed E-state index contributed by atoms with van der Waals surface area (Å²) in [6, 6.07) is 13.3. The van der Waals surface area contributed by atoms with Gasteiger partial charge in [0.15, 0.2) is 11.5 Å². The summed E-state index contributed by atoms with van der Waals surface area (Å²) in [5.41, 5.74) is 1.76. The van der Waals surface area contributed by atoms with E-state index in [-0.39, 0.29) is 12.7 Å². The third-order valence-electron chi connectivity index (χ3n) is 3.25. The third-order valence-corrected chi connectivity index (χ3v) is 3.78. The molecule has 0 saturated carbocycles. The van der Waals surface area contributed by atoms with Crippen LogP contribution in [0, 0.1) is 0 Å². The number of rotatable bonds is 4. The fourth-order valence-corrected chi connectivity index (χ4v) is 2.38. The number of fused-ring (bicyclic) bond motifs is 1. The van der Waals surface area contributed by atoms with Crippen molar-refractivity contribution in [3.05, 3.63) is 58.1 Å². The van der Waals surface area contributed by atoms with E-state index in [0.29, 0.717) is 23.6 Å². The second-order valence-electron chi connectivity index (χ2n) is 4.70. The normalized spacial score (nSPS) is 12.2. The van der Waals surface area contributed by atoms with E-state index in [0.717, 1.165) is 10.9 Å². The monoisotopic (exact) mass is 347 g/mol. The van der Waals surface area contributed by atoms with Gasteiger partial charge in [0.25, 0.3) is 5.91 Å². The van der Waals surface area contributed by atoms with Crippen LogP contribution in [-0.2, 0) is 6.42 Å². The van der Waals surface area contributed by atoms with E-state index >= 15 is 0 Å². The number of hydrogen-bond donors (Lipinski definition) is 1. The van der Waals surface area contributed by atoms with Crippen molar-refractivity contribution in [2.75, 3.05) is 13.3 Å². The molecule has 0 fully saturated rings. The van der Waals surface area contributed by atoms with Gasteiger partial charge in [-0.1, -0.05) is 28.1 Å². The van der Waals surface area contributed by atoms with Crippen LogP contribution in [0.3, 0.4) is 0 Å². The van der Waals surface area contributed by atoms with Crippen LogP contribution in [0.15, 0.2) is 46.9 Å². The average Bonchev–Trinajstić information content (AvgIpc) is 2.96. The van der Waals surface area contributed by atoms with Crippen molar-refractivity contribution in [2.24, 2.45) is 0 Å². The van der Waals surface area contributed by atoms with Gasteiger partial charge in [0, 0.05) is 16.6 Å². The first kappa shape index (κ1) is 13.9. The van der Waals surface area contributed by atoms with Crippen LogP contribution < -0.4 is 14.8 Å². The second kappa shape index (κ2) is 6.18. The Morgan fingerprint density at radius 1 is 1.10 bits per heavy atom. The molecule has 0 aromatic heterocycles. The summed E-state index contributed by atoms with van der Waals surface area (Å²) >= 11 is 3.40. The summed E-state index contributed by atoms with van der Waals surface area (Å²) in [5.74, 6) is 1.20. The minimum atomic E-state index is -0.106. The molecule has 2 aromatic rings. The first-order valence-electron chi connectivity index (χ1n) is 6.65. The summed E-state index contributed by atoms with van der Waals surface area (Å²) in [4.78, 5) is 12.1. The molecule has 108 valence electrons. The predicted molar refractivity (Wildman–Crippen MR) is 82.7 cm³/mol. The molecule has 4 nitrogen and oxygen atoms in total. The molecule has 2 aromatic carbocycles. The molecule has 1 amide bonds. The van der Waals surface area contributed by atoms with Crippen LogP contribution in [0.4, 0.5) is 0 Å². The van der Waals surface area contributed by atoms with E-state index in [4.69, 9.17) is 9.47 Å². The van der Waals surface area contributed by atoms with Crippen molar-refractivity contribution in [3.8, 4) is 11.5 Å². The Hall–Kier alpha value is -2.01. The first-order chi connectivity index (χ1) is 10.2. The summed E-state index contributed by atoms with van der Waals surface area (Å²) in [6.07, 6.45) is 0.795. The molecule has 5 heteroatoms. The Kier molecular flexibility index (Phi) is 4.10. The highest BCUT2D eigenvalue weighted by Gasteiger charge is 2.15. The number of nitrogens with one attached hydrogen (secondary N) is 1. The fraction of sp³-hybridized carbons (Fsp3) is 0.188. The maximum absolute atomic E-state index is 12.1. The quantitative estimate of drug-likeness (QED) is 0.924. The minimum Gasteiger partial charge on any atom is -0.454 e. The molecular weight excluding hydrogens is 334 g/mol. The molecule has 3 rings (SSSR count). The van der Waals surface area contributed by atoms with Crippen molar-refractivity contribution >= 4 is 21.8 Å². The summed E-state index contributed by atoms with van der Waals surface area (Å²) in [6.45, 7) is 0.804. The Bertz CT molecular complexity index is 655. The molecule has 1 aliphatic heterocycles. The van der Waals surface area contributed by atoms with Gasteiger partial charge >= 0.3 is 0 Å². The number of halogens is 1. The molecule has 0 saturated heterocycles. The molecule has 0 aliphatic carbocycles. The van der Waals surface area contributed by atoms with Gasteiger partial charge < -0.3 is 14.8 Å². The highest BCUT2D eigenvalue weighted by molar-refractivity contribution is 9.10. The Labute approximate surface area is 131 Å². The van der Waals surface area contributed by atoms with Gasteiger partial charge in [0.1, 0.15) is 0 Å². The number of benzene rings is 2. The molecule has 0 radical (unpaired) electrons. The highest BCUT2D eigenvalue weighted by atomic mass is 79.9. The van der Waals surface area contributed by atoms with Gasteiger partial charge in [-0.25, -0.2) is 0 Å². The van der Waals surface area contributed by atoms with Crippen molar-refractivity contribution in [3.63, 3.8) is 0 Å². The summed E-state index contributed by atoms with van der Waals surface area (Å²) in [7, 11) is 0. The van der Waals surface area contributed by atoms with Crippen molar-refractivity contribution in [2.45, 2.75) is 6.42 Å². The van der Waals surface area contributed by atoms with E-state index < -0.39 is 0 Å². The van der Waals surface area contributed by atoms with Gasteiger partial charge in [-0.15, -0.1) is 0 Å². The number of amides is 1. The second-order valence-corrected chi connectivity index (χ2v) is 5.62. The lowest BCUT2D eigenvalue weighted by Crippen LogP contribution is -2.25. The zero-order valence-electron chi connectivity index (χ0n) is 11.3. The predicted octanol–water partition coefficient (Wildman–Crippen LogP) is 3.15. The van der Waals surface area contributed by atoms with Crippen LogP contribution in [0.2, 0.25) is 0 Å². The van der Waals surface area contributed by atoms with Crippen LogP contribution in [-0.4, -0.2) is 19.2 Å². The molecule has 0 spiro atoms. The van der Waals surface area contributed by atoms with Crippen molar-refractivity contribution in [1.29, 1.82) is 0 Å². The number of carbonyl (C=O) groups excluding carboxylic acids is 1. The fourth-order valence-electron chi connectivity index (χ4n) is 2.11.